The second-order valence-corrected chi connectivity index (χ2v) is 17.2. The topological polar surface area (TPSA) is 80.3 Å². The molecule has 0 aromatic carbocycles. The maximum absolute atomic E-state index is 9.87. The zero-order valence-electron chi connectivity index (χ0n) is 26.5. The van der Waals surface area contributed by atoms with Crippen LogP contribution in [0.2, 0.25) is 8.87 Å². The summed E-state index contributed by atoms with van der Waals surface area (Å²) in [4.78, 5) is 19.7. The van der Waals surface area contributed by atoms with Crippen molar-refractivity contribution in [3.8, 4) is 0 Å². The average molecular weight is 760 g/mol. The van der Waals surface area contributed by atoms with E-state index in [1.54, 1.807) is 21.7 Å². The van der Waals surface area contributed by atoms with Crippen LogP contribution in [0.5, 0.6) is 0 Å². The Labute approximate surface area is 287 Å². The molecule has 0 spiro atoms. The number of carboxylic acids is 2. The normalized spacial score (nSPS) is 11.9. The molecule has 4 nitrogen and oxygen atoms in total. The molecule has 0 amide bonds. The number of rotatable bonds is 28. The van der Waals surface area contributed by atoms with Gasteiger partial charge in [-0.2, -0.15) is 50.5 Å². The van der Waals surface area contributed by atoms with E-state index in [9.17, 15) is 19.8 Å². The zero-order valence-corrected chi connectivity index (χ0v) is 32.9. The van der Waals surface area contributed by atoms with E-state index in [1.165, 1.54) is 116 Å². The molecule has 9 heteroatoms. The van der Waals surface area contributed by atoms with Crippen molar-refractivity contribution in [2.45, 2.75) is 174 Å². The van der Waals surface area contributed by atoms with Crippen LogP contribution in [-0.2, 0) is 9.59 Å². The van der Waals surface area contributed by atoms with Gasteiger partial charge in [-0.05, 0) is 24.3 Å². The van der Waals surface area contributed by atoms with Crippen molar-refractivity contribution in [1.82, 2.24) is 0 Å². The summed E-state index contributed by atoms with van der Waals surface area (Å²) in [6, 6.07) is 0. The second kappa shape index (κ2) is 41.1. The van der Waals surface area contributed by atoms with Gasteiger partial charge in [0, 0.05) is 10.5 Å². The Morgan fingerprint density at radius 3 is 0.951 bits per heavy atom. The van der Waals surface area contributed by atoms with Crippen LogP contribution in [0.15, 0.2) is 0 Å². The van der Waals surface area contributed by atoms with E-state index in [4.69, 9.17) is 0 Å². The molecule has 0 aromatic heterocycles. The number of hydrogen-bond acceptors (Lipinski definition) is 8. The minimum atomic E-state index is -1.12. The van der Waals surface area contributed by atoms with Gasteiger partial charge in [-0.3, -0.25) is 0 Å². The van der Waals surface area contributed by atoms with Gasteiger partial charge in [-0.25, -0.2) is 0 Å². The molecular formula is C32H64O4S4Sn. The summed E-state index contributed by atoms with van der Waals surface area (Å²) in [6.07, 6.45) is 30.7. The minimum Gasteiger partial charge on any atom is -0.549 e. The number of carbonyl (C=O) groups is 2. The molecule has 41 heavy (non-hydrogen) atoms. The third-order valence-corrected chi connectivity index (χ3v) is 12.3. The van der Waals surface area contributed by atoms with Gasteiger partial charge < -0.3 is 19.8 Å². The average Bonchev–Trinajstić information content (AvgIpc) is 2.95. The van der Waals surface area contributed by atoms with Crippen molar-refractivity contribution >= 4 is 83.6 Å². The van der Waals surface area contributed by atoms with Gasteiger partial charge in [0.1, 0.15) is 0 Å². The van der Waals surface area contributed by atoms with E-state index >= 15 is 0 Å². The van der Waals surface area contributed by atoms with E-state index in [0.717, 1.165) is 0 Å². The SMILES string of the molecule is CCCCCCCCCCC[CH2][Sn+2][CH2]CCCCCCCCCCC.O=C([O-])C(S)CCS.O=C([O-])C(S)CCS. The summed E-state index contributed by atoms with van der Waals surface area (Å²) >= 11 is 15.1. The van der Waals surface area contributed by atoms with E-state index in [2.05, 4.69) is 64.4 Å². The first-order chi connectivity index (χ1) is 19.8. The van der Waals surface area contributed by atoms with Gasteiger partial charge in [0.25, 0.3) is 0 Å². The fourth-order valence-corrected chi connectivity index (χ4v) is 8.83. The molecule has 0 aliphatic carbocycles. The molecule has 2 atom stereocenters. The zero-order chi connectivity index (χ0) is 31.4. The summed E-state index contributed by atoms with van der Waals surface area (Å²) in [5.41, 5.74) is 0. The van der Waals surface area contributed by atoms with Crippen LogP contribution in [0.1, 0.15) is 155 Å². The van der Waals surface area contributed by atoms with Crippen molar-refractivity contribution in [2.75, 3.05) is 11.5 Å². The second-order valence-electron chi connectivity index (χ2n) is 10.8. The van der Waals surface area contributed by atoms with E-state index in [-0.39, 0.29) is 21.1 Å². The van der Waals surface area contributed by atoms with Gasteiger partial charge in [0.15, 0.2) is 0 Å². The van der Waals surface area contributed by atoms with E-state index < -0.39 is 22.4 Å². The summed E-state index contributed by atoms with van der Waals surface area (Å²) in [5, 5.41) is 18.4. The van der Waals surface area contributed by atoms with Crippen LogP contribution in [-0.4, -0.2) is 55.1 Å². The Morgan fingerprint density at radius 2 is 0.756 bits per heavy atom. The number of carboxylic acid groups (broad SMARTS) is 2. The summed E-state index contributed by atoms with van der Waals surface area (Å²) in [7, 11) is 0. The molecule has 0 saturated carbocycles. The Kier molecular flexibility index (Phi) is 46.7. The van der Waals surface area contributed by atoms with Crippen LogP contribution in [0.4, 0.5) is 0 Å². The van der Waals surface area contributed by atoms with Crippen molar-refractivity contribution in [1.29, 1.82) is 0 Å². The van der Waals surface area contributed by atoms with Gasteiger partial charge in [0.2, 0.25) is 0 Å². The fraction of sp³-hybridized carbons (Fsp3) is 0.938. The van der Waals surface area contributed by atoms with Crippen LogP contribution >= 0.6 is 50.5 Å². The first-order valence-corrected chi connectivity index (χ1v) is 22.8. The van der Waals surface area contributed by atoms with E-state index in [0.29, 0.717) is 24.3 Å². The molecule has 0 aromatic rings. The predicted octanol–water partition coefficient (Wildman–Crippen LogP) is 8.08. The molecule has 0 radical (unpaired) electrons. The van der Waals surface area contributed by atoms with Gasteiger partial charge in [-0.1, -0.05) is 0 Å². The quantitative estimate of drug-likeness (QED) is 0.0370. The molecule has 0 aliphatic rings. The van der Waals surface area contributed by atoms with Crippen LogP contribution < -0.4 is 10.2 Å². The summed E-state index contributed by atoms with van der Waals surface area (Å²) in [6.45, 7) is 4.61. The first-order valence-electron chi connectivity index (χ1n) is 16.5. The molecule has 0 fully saturated rings. The first kappa shape index (κ1) is 46.6. The monoisotopic (exact) mass is 760 g/mol. The molecule has 0 heterocycles. The smallest absolute Gasteiger partial charge is 0.549 e. The molecule has 0 N–H and O–H groups in total. The van der Waals surface area contributed by atoms with Gasteiger partial charge in [0.05, 0.1) is 11.9 Å². The Bertz CT molecular complexity index is 486. The van der Waals surface area contributed by atoms with Crippen molar-refractivity contribution in [3.63, 3.8) is 0 Å². The number of aliphatic carboxylic acids is 2. The van der Waals surface area contributed by atoms with Gasteiger partial charge in [-0.15, -0.1) is 0 Å². The van der Waals surface area contributed by atoms with Crippen LogP contribution in [0.3, 0.4) is 0 Å². The standard InChI is InChI=1S/2C12H25.2C4H8O2S2.Sn/c2*1-3-5-7-9-11-12-10-8-6-4-2;2*5-4(6)3(8)1-2-7;/h2*1,3-12H2,2H3;2*3,7-8H,1-2H2,(H,5,6);/q;;;;+2/p-2. The molecule has 0 aliphatic heterocycles. The predicted molar refractivity (Wildman–Crippen MR) is 192 cm³/mol. The van der Waals surface area contributed by atoms with Crippen LogP contribution in [0.25, 0.3) is 0 Å². The fourth-order valence-electron chi connectivity index (χ4n) is 4.08. The van der Waals surface area contributed by atoms with E-state index in [1.807, 2.05) is 0 Å². The summed E-state index contributed by atoms with van der Waals surface area (Å²) < 4.78 is 3.33. The third-order valence-electron chi connectivity index (χ3n) is 6.76. The number of thiol groups is 4. The molecule has 244 valence electrons. The van der Waals surface area contributed by atoms with Crippen molar-refractivity contribution < 1.29 is 19.8 Å². The number of hydrogen-bond donors (Lipinski definition) is 4. The third kappa shape index (κ3) is 45.7. The summed E-state index contributed by atoms with van der Waals surface area (Å²) in [5.74, 6) is -1.19. The Morgan fingerprint density at radius 1 is 0.512 bits per heavy atom. The molecule has 2 unspecified atom stereocenters. The number of carbonyl (C=O) groups excluding carboxylic acids is 2. The Hall–Kier alpha value is 1.14. The van der Waals surface area contributed by atoms with Crippen molar-refractivity contribution in [2.24, 2.45) is 0 Å². The molecule has 0 saturated heterocycles. The molecule has 0 bridgehead atoms. The van der Waals surface area contributed by atoms with Crippen molar-refractivity contribution in [3.05, 3.63) is 0 Å². The maximum atomic E-state index is 9.87. The Balaban J connectivity index is -0.000000731. The van der Waals surface area contributed by atoms with Gasteiger partial charge >= 0.3 is 172 Å². The number of unbranched alkanes of at least 4 members (excludes halogenated alkanes) is 18. The minimum absolute atomic E-state index is 0.0377. The van der Waals surface area contributed by atoms with Crippen LogP contribution in [0, 0.1) is 0 Å². The molecule has 0 rings (SSSR count). The molecular weight excluding hydrogens is 695 g/mol.